The molecule has 0 heterocycles. The van der Waals surface area contributed by atoms with Crippen LogP contribution >= 0.6 is 15.9 Å². The van der Waals surface area contributed by atoms with Crippen molar-refractivity contribution in [2.75, 3.05) is 19.8 Å². The summed E-state index contributed by atoms with van der Waals surface area (Å²) in [5.41, 5.74) is -0.677. The van der Waals surface area contributed by atoms with Crippen molar-refractivity contribution in [2.24, 2.45) is 0 Å². The molecule has 0 amide bonds. The molecule has 4 N–H and O–H groups in total. The van der Waals surface area contributed by atoms with Crippen LogP contribution in [0.2, 0.25) is 0 Å². The molecule has 21 heavy (non-hydrogen) atoms. The standard InChI is InChI=1S/C12H15BrF3NO4/c13-9-3-8(1-2-10(9)21-12(14,15)16)4-17-11(5-18,6-19)7-20/h1-3,17-20H,4-7H2. The van der Waals surface area contributed by atoms with Gasteiger partial charge >= 0.3 is 6.36 Å². The van der Waals surface area contributed by atoms with Crippen LogP contribution in [0.15, 0.2) is 22.7 Å². The molecular weight excluding hydrogens is 359 g/mol. The summed E-state index contributed by atoms with van der Waals surface area (Å²) in [5, 5.41) is 30.2. The first kappa shape index (κ1) is 18.2. The van der Waals surface area contributed by atoms with Gasteiger partial charge < -0.3 is 25.4 Å². The fourth-order valence-corrected chi connectivity index (χ4v) is 1.98. The minimum atomic E-state index is -4.78. The Labute approximate surface area is 127 Å². The molecule has 120 valence electrons. The van der Waals surface area contributed by atoms with Crippen molar-refractivity contribution < 1.29 is 33.2 Å². The van der Waals surface area contributed by atoms with E-state index in [1.165, 1.54) is 12.1 Å². The first-order valence-corrected chi connectivity index (χ1v) is 6.66. The highest BCUT2D eigenvalue weighted by Gasteiger charge is 2.32. The number of alkyl halides is 3. The van der Waals surface area contributed by atoms with E-state index in [2.05, 4.69) is 26.0 Å². The molecule has 0 aliphatic rings. The summed E-state index contributed by atoms with van der Waals surface area (Å²) in [5.74, 6) is -0.371. The van der Waals surface area contributed by atoms with Crippen molar-refractivity contribution in [3.05, 3.63) is 28.2 Å². The van der Waals surface area contributed by atoms with Crippen molar-refractivity contribution in [3.8, 4) is 5.75 Å². The Kier molecular flexibility index (Phi) is 6.41. The van der Waals surface area contributed by atoms with Crippen LogP contribution in [0.5, 0.6) is 5.75 Å². The number of ether oxygens (including phenoxy) is 1. The topological polar surface area (TPSA) is 82.0 Å². The molecule has 0 saturated carbocycles. The van der Waals surface area contributed by atoms with Crippen molar-refractivity contribution in [1.82, 2.24) is 5.32 Å². The van der Waals surface area contributed by atoms with Gasteiger partial charge in [0.15, 0.2) is 0 Å². The molecule has 0 bridgehead atoms. The van der Waals surface area contributed by atoms with Crippen molar-refractivity contribution in [1.29, 1.82) is 0 Å². The van der Waals surface area contributed by atoms with E-state index in [-0.39, 0.29) is 16.8 Å². The van der Waals surface area contributed by atoms with Crippen LogP contribution < -0.4 is 10.1 Å². The Bertz CT molecular complexity index is 458. The molecule has 1 aromatic carbocycles. The van der Waals surface area contributed by atoms with Gasteiger partial charge in [-0.05, 0) is 33.6 Å². The van der Waals surface area contributed by atoms with Gasteiger partial charge in [-0.1, -0.05) is 6.07 Å². The summed E-state index contributed by atoms with van der Waals surface area (Å²) in [7, 11) is 0. The van der Waals surface area contributed by atoms with Crippen LogP contribution in [0.1, 0.15) is 5.56 Å². The Balaban J connectivity index is 2.76. The molecule has 0 saturated heterocycles. The summed E-state index contributed by atoms with van der Waals surface area (Å²) < 4.78 is 40.3. The number of halogens is 4. The predicted octanol–water partition coefficient (Wildman–Crippen LogP) is 1.15. The van der Waals surface area contributed by atoms with Crippen molar-refractivity contribution in [3.63, 3.8) is 0 Å². The van der Waals surface area contributed by atoms with Gasteiger partial charge in [0.05, 0.1) is 29.8 Å². The maximum absolute atomic E-state index is 12.1. The van der Waals surface area contributed by atoms with Crippen LogP contribution in [0.4, 0.5) is 13.2 Å². The number of hydrogen-bond donors (Lipinski definition) is 4. The normalized spacial score (nSPS) is 12.5. The van der Waals surface area contributed by atoms with Gasteiger partial charge in [0.25, 0.3) is 0 Å². The van der Waals surface area contributed by atoms with E-state index >= 15 is 0 Å². The van der Waals surface area contributed by atoms with E-state index < -0.39 is 31.7 Å². The highest BCUT2D eigenvalue weighted by molar-refractivity contribution is 9.10. The highest BCUT2D eigenvalue weighted by atomic mass is 79.9. The molecule has 9 heteroatoms. The largest absolute Gasteiger partial charge is 0.573 e. The lowest BCUT2D eigenvalue weighted by Gasteiger charge is -2.29. The smallest absolute Gasteiger partial charge is 0.405 e. The van der Waals surface area contributed by atoms with Crippen LogP contribution in [0.25, 0.3) is 0 Å². The first-order valence-electron chi connectivity index (χ1n) is 5.87. The van der Waals surface area contributed by atoms with E-state index in [0.29, 0.717) is 5.56 Å². The molecule has 0 aliphatic heterocycles. The summed E-state index contributed by atoms with van der Waals surface area (Å²) >= 11 is 2.97. The lowest BCUT2D eigenvalue weighted by Crippen LogP contribution is -2.54. The lowest BCUT2D eigenvalue weighted by molar-refractivity contribution is -0.274. The van der Waals surface area contributed by atoms with Crippen molar-refractivity contribution in [2.45, 2.75) is 18.4 Å². The number of aliphatic hydroxyl groups excluding tert-OH is 3. The van der Waals surface area contributed by atoms with E-state index in [9.17, 15) is 13.2 Å². The zero-order chi connectivity index (χ0) is 16.1. The monoisotopic (exact) mass is 373 g/mol. The molecule has 0 fully saturated rings. The molecule has 5 nitrogen and oxygen atoms in total. The van der Waals surface area contributed by atoms with Gasteiger partial charge in [0, 0.05) is 6.54 Å². The Morgan fingerprint density at radius 1 is 1.10 bits per heavy atom. The van der Waals surface area contributed by atoms with Gasteiger partial charge in [0.1, 0.15) is 5.75 Å². The molecule has 0 spiro atoms. The van der Waals surface area contributed by atoms with Crippen LogP contribution in [-0.2, 0) is 6.54 Å². The SMILES string of the molecule is OCC(CO)(CO)NCc1ccc(OC(F)(F)F)c(Br)c1. The maximum atomic E-state index is 12.1. The zero-order valence-electron chi connectivity index (χ0n) is 10.8. The minimum absolute atomic E-state index is 0.113. The molecule has 0 aliphatic carbocycles. The Morgan fingerprint density at radius 3 is 2.10 bits per heavy atom. The first-order chi connectivity index (χ1) is 9.75. The molecule has 1 aromatic rings. The maximum Gasteiger partial charge on any atom is 0.573 e. The van der Waals surface area contributed by atoms with Gasteiger partial charge in [-0.25, -0.2) is 0 Å². The number of nitrogens with one attached hydrogen (secondary N) is 1. The van der Waals surface area contributed by atoms with Crippen molar-refractivity contribution >= 4 is 15.9 Å². The minimum Gasteiger partial charge on any atom is -0.405 e. The predicted molar refractivity (Wildman–Crippen MR) is 71.7 cm³/mol. The molecule has 0 aromatic heterocycles. The zero-order valence-corrected chi connectivity index (χ0v) is 12.4. The quantitative estimate of drug-likeness (QED) is 0.576. The second kappa shape index (κ2) is 7.41. The number of rotatable bonds is 7. The Morgan fingerprint density at radius 2 is 1.67 bits per heavy atom. The third kappa shape index (κ3) is 5.44. The van der Waals surface area contributed by atoms with Gasteiger partial charge in [-0.3, -0.25) is 0 Å². The third-order valence-electron chi connectivity index (χ3n) is 2.80. The number of hydrogen-bond acceptors (Lipinski definition) is 5. The second-order valence-corrected chi connectivity index (χ2v) is 5.28. The fourth-order valence-electron chi connectivity index (χ4n) is 1.47. The summed E-state index contributed by atoms with van der Waals surface area (Å²) in [6.07, 6.45) is -4.78. The molecule has 0 unspecified atom stereocenters. The molecular formula is C12H15BrF3NO4. The van der Waals surface area contributed by atoms with E-state index in [1.54, 1.807) is 0 Å². The summed E-state index contributed by atoms with van der Waals surface area (Å²) in [6.45, 7) is -1.34. The third-order valence-corrected chi connectivity index (χ3v) is 3.42. The van der Waals surface area contributed by atoms with Gasteiger partial charge in [-0.15, -0.1) is 13.2 Å². The average Bonchev–Trinajstić information content (AvgIpc) is 2.42. The number of aliphatic hydroxyl groups is 3. The van der Waals surface area contributed by atoms with E-state index in [1.807, 2.05) is 0 Å². The summed E-state index contributed by atoms with van der Waals surface area (Å²) in [6, 6.07) is 3.95. The van der Waals surface area contributed by atoms with E-state index in [0.717, 1.165) is 6.07 Å². The van der Waals surface area contributed by atoms with Gasteiger partial charge in [0.2, 0.25) is 0 Å². The second-order valence-electron chi connectivity index (χ2n) is 4.42. The molecule has 0 atom stereocenters. The van der Waals surface area contributed by atoms with Crippen LogP contribution in [-0.4, -0.2) is 47.0 Å². The Hall–Kier alpha value is -0.870. The summed E-state index contributed by atoms with van der Waals surface area (Å²) in [4.78, 5) is 0. The molecule has 0 radical (unpaired) electrons. The fraction of sp³-hybridized carbons (Fsp3) is 0.500. The van der Waals surface area contributed by atoms with Gasteiger partial charge in [-0.2, -0.15) is 0 Å². The average molecular weight is 374 g/mol. The highest BCUT2D eigenvalue weighted by Crippen LogP contribution is 2.31. The lowest BCUT2D eigenvalue weighted by atomic mass is 10.0. The molecule has 1 rings (SSSR count). The van der Waals surface area contributed by atoms with Crippen LogP contribution in [0, 0.1) is 0 Å². The number of benzene rings is 1. The van der Waals surface area contributed by atoms with E-state index in [4.69, 9.17) is 15.3 Å². The van der Waals surface area contributed by atoms with Crippen LogP contribution in [0.3, 0.4) is 0 Å².